The number of benzene rings is 1. The normalized spacial score (nSPS) is 18.1. The molecule has 1 aromatic carbocycles. The van der Waals surface area contributed by atoms with Gasteiger partial charge in [0.25, 0.3) is 0 Å². The van der Waals surface area contributed by atoms with Crippen LogP contribution in [0.2, 0.25) is 0 Å². The van der Waals surface area contributed by atoms with Crippen LogP contribution in [0.1, 0.15) is 12.0 Å². The third kappa shape index (κ3) is 2.84. The first kappa shape index (κ1) is 13.1. The standard InChI is InChI=1S/C15H17NO4/c17-15(20-9-7-14-18-10-11-19-14)16-8-3-5-12-4-1-2-6-13(12)16/h1-6,14H,7-11H2. The Morgan fingerprint density at radius 2 is 2.10 bits per heavy atom. The smallest absolute Gasteiger partial charge is 0.414 e. The summed E-state index contributed by atoms with van der Waals surface area (Å²) in [5.74, 6) is 0. The molecule has 106 valence electrons. The van der Waals surface area contributed by atoms with Crippen molar-refractivity contribution in [3.8, 4) is 0 Å². The van der Waals surface area contributed by atoms with Crippen LogP contribution in [0.5, 0.6) is 0 Å². The number of hydrogen-bond acceptors (Lipinski definition) is 4. The summed E-state index contributed by atoms with van der Waals surface area (Å²) in [7, 11) is 0. The number of para-hydroxylation sites is 1. The first-order chi connectivity index (χ1) is 9.84. The molecule has 0 radical (unpaired) electrons. The summed E-state index contributed by atoms with van der Waals surface area (Å²) in [5, 5.41) is 0. The van der Waals surface area contributed by atoms with Crippen molar-refractivity contribution < 1.29 is 19.0 Å². The third-order valence-electron chi connectivity index (χ3n) is 3.30. The van der Waals surface area contributed by atoms with Gasteiger partial charge in [-0.3, -0.25) is 4.90 Å². The highest BCUT2D eigenvalue weighted by molar-refractivity contribution is 5.92. The van der Waals surface area contributed by atoms with Crippen LogP contribution in [-0.2, 0) is 14.2 Å². The van der Waals surface area contributed by atoms with Crippen molar-refractivity contribution in [3.05, 3.63) is 35.9 Å². The van der Waals surface area contributed by atoms with Crippen molar-refractivity contribution in [2.45, 2.75) is 12.7 Å². The number of rotatable bonds is 3. The van der Waals surface area contributed by atoms with Crippen LogP contribution < -0.4 is 4.90 Å². The molecule has 1 aromatic rings. The van der Waals surface area contributed by atoms with E-state index in [4.69, 9.17) is 14.2 Å². The van der Waals surface area contributed by atoms with E-state index in [1.54, 1.807) is 4.90 Å². The van der Waals surface area contributed by atoms with Crippen molar-refractivity contribution in [1.29, 1.82) is 0 Å². The highest BCUT2D eigenvalue weighted by atomic mass is 16.7. The quantitative estimate of drug-likeness (QED) is 0.850. The molecule has 20 heavy (non-hydrogen) atoms. The van der Waals surface area contributed by atoms with E-state index in [-0.39, 0.29) is 12.4 Å². The first-order valence-electron chi connectivity index (χ1n) is 6.77. The summed E-state index contributed by atoms with van der Waals surface area (Å²) < 4.78 is 15.9. The Morgan fingerprint density at radius 1 is 1.30 bits per heavy atom. The van der Waals surface area contributed by atoms with E-state index < -0.39 is 0 Å². The van der Waals surface area contributed by atoms with Gasteiger partial charge in [0.2, 0.25) is 0 Å². The minimum Gasteiger partial charge on any atom is -0.449 e. The van der Waals surface area contributed by atoms with Crippen LogP contribution in [0.4, 0.5) is 10.5 Å². The zero-order chi connectivity index (χ0) is 13.8. The molecular formula is C15H17NO4. The van der Waals surface area contributed by atoms with Crippen molar-refractivity contribution in [3.63, 3.8) is 0 Å². The maximum atomic E-state index is 12.1. The van der Waals surface area contributed by atoms with Gasteiger partial charge in [0.15, 0.2) is 6.29 Å². The number of ether oxygens (including phenoxy) is 3. The zero-order valence-electron chi connectivity index (χ0n) is 11.2. The molecule has 0 aliphatic carbocycles. The summed E-state index contributed by atoms with van der Waals surface area (Å²) in [6.45, 7) is 2.06. The highest BCUT2D eigenvalue weighted by Gasteiger charge is 2.22. The largest absolute Gasteiger partial charge is 0.449 e. The molecule has 0 saturated carbocycles. The van der Waals surface area contributed by atoms with Gasteiger partial charge in [-0.05, 0) is 11.6 Å². The Morgan fingerprint density at radius 3 is 2.95 bits per heavy atom. The molecule has 2 aliphatic rings. The van der Waals surface area contributed by atoms with Crippen molar-refractivity contribution in [2.75, 3.05) is 31.3 Å². The number of nitrogens with zero attached hydrogens (tertiary/aromatic N) is 1. The minimum atomic E-state index is -0.334. The van der Waals surface area contributed by atoms with Crippen LogP contribution in [0.3, 0.4) is 0 Å². The molecular weight excluding hydrogens is 258 g/mol. The number of fused-ring (bicyclic) bond motifs is 1. The van der Waals surface area contributed by atoms with Gasteiger partial charge in [0.05, 0.1) is 25.5 Å². The Balaban J connectivity index is 1.56. The van der Waals surface area contributed by atoms with Gasteiger partial charge < -0.3 is 14.2 Å². The van der Waals surface area contributed by atoms with Crippen LogP contribution in [0.25, 0.3) is 6.08 Å². The van der Waals surface area contributed by atoms with E-state index in [1.165, 1.54) is 0 Å². The van der Waals surface area contributed by atoms with E-state index in [0.29, 0.717) is 32.8 Å². The molecule has 2 aliphatic heterocycles. The second-order valence-corrected chi connectivity index (χ2v) is 4.65. The Kier molecular flexibility index (Phi) is 3.99. The molecule has 2 heterocycles. The molecule has 5 nitrogen and oxygen atoms in total. The second-order valence-electron chi connectivity index (χ2n) is 4.65. The fourth-order valence-corrected chi connectivity index (χ4v) is 2.32. The van der Waals surface area contributed by atoms with Gasteiger partial charge in [-0.1, -0.05) is 30.4 Å². The lowest BCUT2D eigenvalue weighted by Gasteiger charge is -2.25. The molecule has 0 atom stereocenters. The summed E-state index contributed by atoms with van der Waals surface area (Å²) >= 11 is 0. The van der Waals surface area contributed by atoms with Crippen LogP contribution >= 0.6 is 0 Å². The van der Waals surface area contributed by atoms with Crippen LogP contribution in [0, 0.1) is 0 Å². The van der Waals surface area contributed by atoms with Crippen molar-refractivity contribution in [2.24, 2.45) is 0 Å². The summed E-state index contributed by atoms with van der Waals surface area (Å²) in [6, 6.07) is 7.76. The fraction of sp³-hybridized carbons (Fsp3) is 0.400. The molecule has 0 aromatic heterocycles. The van der Waals surface area contributed by atoms with E-state index in [2.05, 4.69) is 0 Å². The summed E-state index contributed by atoms with van der Waals surface area (Å²) in [6.07, 6.45) is 3.96. The Labute approximate surface area is 117 Å². The number of amides is 1. The van der Waals surface area contributed by atoms with E-state index in [1.807, 2.05) is 36.4 Å². The summed E-state index contributed by atoms with van der Waals surface area (Å²) in [4.78, 5) is 13.8. The van der Waals surface area contributed by atoms with Crippen molar-refractivity contribution in [1.82, 2.24) is 0 Å². The second kappa shape index (κ2) is 6.07. The van der Waals surface area contributed by atoms with E-state index >= 15 is 0 Å². The topological polar surface area (TPSA) is 48.0 Å². The van der Waals surface area contributed by atoms with Crippen LogP contribution in [0.15, 0.2) is 30.3 Å². The lowest BCUT2D eigenvalue weighted by atomic mass is 10.1. The zero-order valence-corrected chi connectivity index (χ0v) is 11.2. The number of anilines is 1. The highest BCUT2D eigenvalue weighted by Crippen LogP contribution is 2.25. The maximum Gasteiger partial charge on any atom is 0.414 e. The average Bonchev–Trinajstić information content (AvgIpc) is 3.00. The third-order valence-corrected chi connectivity index (χ3v) is 3.30. The predicted molar refractivity (Wildman–Crippen MR) is 74.5 cm³/mol. The Hall–Kier alpha value is -1.85. The molecule has 1 amide bonds. The van der Waals surface area contributed by atoms with E-state index in [0.717, 1.165) is 11.3 Å². The Bertz CT molecular complexity index is 508. The van der Waals surface area contributed by atoms with Crippen LogP contribution in [-0.4, -0.2) is 38.7 Å². The van der Waals surface area contributed by atoms with Gasteiger partial charge >= 0.3 is 6.09 Å². The molecule has 3 rings (SSSR count). The number of carbonyl (C=O) groups excluding carboxylic acids is 1. The lowest BCUT2D eigenvalue weighted by Crippen LogP contribution is -2.34. The van der Waals surface area contributed by atoms with Gasteiger partial charge in [0, 0.05) is 13.0 Å². The molecule has 0 spiro atoms. The molecule has 1 saturated heterocycles. The molecule has 5 heteroatoms. The molecule has 1 fully saturated rings. The average molecular weight is 275 g/mol. The molecule has 0 bridgehead atoms. The predicted octanol–water partition coefficient (Wildman–Crippen LogP) is 2.42. The number of carbonyl (C=O) groups is 1. The summed E-state index contributed by atoms with van der Waals surface area (Å²) in [5.41, 5.74) is 1.91. The number of hydrogen-bond donors (Lipinski definition) is 0. The minimum absolute atomic E-state index is 0.240. The monoisotopic (exact) mass is 275 g/mol. The van der Waals surface area contributed by atoms with Gasteiger partial charge in [0.1, 0.15) is 0 Å². The lowest BCUT2D eigenvalue weighted by molar-refractivity contribution is -0.0555. The van der Waals surface area contributed by atoms with Gasteiger partial charge in [-0.25, -0.2) is 4.79 Å². The van der Waals surface area contributed by atoms with E-state index in [9.17, 15) is 4.79 Å². The van der Waals surface area contributed by atoms with Gasteiger partial charge in [-0.2, -0.15) is 0 Å². The SMILES string of the molecule is O=C(OCCC1OCCO1)N1CC=Cc2ccccc21. The first-order valence-corrected chi connectivity index (χ1v) is 6.77. The molecule has 0 N–H and O–H groups in total. The molecule has 0 unspecified atom stereocenters. The van der Waals surface area contributed by atoms with Gasteiger partial charge in [-0.15, -0.1) is 0 Å². The maximum absolute atomic E-state index is 12.1. The van der Waals surface area contributed by atoms with Crippen molar-refractivity contribution >= 4 is 17.9 Å². The fourth-order valence-electron chi connectivity index (χ4n) is 2.32.